The molecule has 4 aromatic rings. The highest BCUT2D eigenvalue weighted by atomic mass is 32.2. The summed E-state index contributed by atoms with van der Waals surface area (Å²) in [5.41, 5.74) is 1.93. The molecule has 0 unspecified atom stereocenters. The zero-order chi connectivity index (χ0) is 15.8. The van der Waals surface area contributed by atoms with E-state index >= 15 is 0 Å². The minimum absolute atomic E-state index is 0.350. The van der Waals surface area contributed by atoms with Crippen LogP contribution in [-0.4, -0.2) is 24.8 Å². The monoisotopic (exact) mass is 343 g/mol. The molecule has 5 nitrogen and oxygen atoms in total. The van der Waals surface area contributed by atoms with Crippen LogP contribution >= 0.6 is 23.1 Å². The van der Waals surface area contributed by atoms with Crippen molar-refractivity contribution in [2.75, 3.05) is 0 Å². The van der Waals surface area contributed by atoms with Gasteiger partial charge in [0.15, 0.2) is 15.8 Å². The van der Waals surface area contributed by atoms with Crippen LogP contribution in [0.4, 0.5) is 4.39 Å². The molecule has 3 aromatic heterocycles. The van der Waals surface area contributed by atoms with Crippen molar-refractivity contribution >= 4 is 28.7 Å². The Kier molecular flexibility index (Phi) is 3.55. The van der Waals surface area contributed by atoms with Crippen molar-refractivity contribution in [3.05, 3.63) is 53.3 Å². The number of thiazole rings is 1. The van der Waals surface area contributed by atoms with Crippen LogP contribution in [0.25, 0.3) is 17.0 Å². The van der Waals surface area contributed by atoms with Crippen molar-refractivity contribution in [1.82, 2.24) is 24.8 Å². The van der Waals surface area contributed by atoms with Crippen molar-refractivity contribution in [2.45, 2.75) is 16.3 Å². The van der Waals surface area contributed by atoms with E-state index in [-0.39, 0.29) is 5.82 Å². The summed E-state index contributed by atoms with van der Waals surface area (Å²) in [4.78, 5) is 4.41. The summed E-state index contributed by atoms with van der Waals surface area (Å²) in [5, 5.41) is 15.4. The van der Waals surface area contributed by atoms with Crippen LogP contribution in [-0.2, 0) is 0 Å². The summed E-state index contributed by atoms with van der Waals surface area (Å²) in [6, 6.07) is 10.1. The van der Waals surface area contributed by atoms with E-state index in [0.29, 0.717) is 17.0 Å². The molecule has 23 heavy (non-hydrogen) atoms. The van der Waals surface area contributed by atoms with Crippen molar-refractivity contribution in [1.29, 1.82) is 0 Å². The predicted molar refractivity (Wildman–Crippen MR) is 87.2 cm³/mol. The first-order valence-corrected chi connectivity index (χ1v) is 8.48. The molecular weight excluding hydrogens is 333 g/mol. The first-order chi connectivity index (χ1) is 11.2. The van der Waals surface area contributed by atoms with Crippen LogP contribution in [0.3, 0.4) is 0 Å². The van der Waals surface area contributed by atoms with Gasteiger partial charge in [0.25, 0.3) is 0 Å². The molecule has 0 aliphatic carbocycles. The first kappa shape index (κ1) is 14.3. The summed E-state index contributed by atoms with van der Waals surface area (Å²) in [6.07, 6.45) is 0. The Morgan fingerprint density at radius 2 is 2.00 bits per heavy atom. The van der Waals surface area contributed by atoms with Crippen molar-refractivity contribution in [3.63, 3.8) is 0 Å². The Bertz CT molecular complexity index is 994. The van der Waals surface area contributed by atoms with Gasteiger partial charge in [-0.25, -0.2) is 9.37 Å². The van der Waals surface area contributed by atoms with Gasteiger partial charge in [-0.15, -0.1) is 21.5 Å². The highest BCUT2D eigenvalue weighted by molar-refractivity contribution is 8.00. The van der Waals surface area contributed by atoms with E-state index in [1.807, 2.05) is 24.4 Å². The van der Waals surface area contributed by atoms with Gasteiger partial charge in [0.05, 0.1) is 5.56 Å². The van der Waals surface area contributed by atoms with E-state index < -0.39 is 0 Å². The fourth-order valence-electron chi connectivity index (χ4n) is 2.11. The largest absolute Gasteiger partial charge is 0.235 e. The van der Waals surface area contributed by atoms with E-state index in [4.69, 9.17) is 0 Å². The molecular formula is C15H10FN5S2. The van der Waals surface area contributed by atoms with Gasteiger partial charge >= 0.3 is 0 Å². The zero-order valence-corrected chi connectivity index (χ0v) is 13.6. The lowest BCUT2D eigenvalue weighted by atomic mass is 10.2. The van der Waals surface area contributed by atoms with Crippen molar-refractivity contribution in [3.8, 4) is 11.4 Å². The molecule has 0 atom stereocenters. The van der Waals surface area contributed by atoms with Gasteiger partial charge in [-0.2, -0.15) is 9.61 Å². The van der Waals surface area contributed by atoms with Gasteiger partial charge in [0.2, 0.25) is 0 Å². The van der Waals surface area contributed by atoms with Crippen LogP contribution < -0.4 is 0 Å². The van der Waals surface area contributed by atoms with Crippen LogP contribution in [0.1, 0.15) is 5.69 Å². The fourth-order valence-corrected chi connectivity index (χ4v) is 3.85. The predicted octanol–water partition coefficient (Wildman–Crippen LogP) is 3.85. The third kappa shape index (κ3) is 2.71. The van der Waals surface area contributed by atoms with Crippen LogP contribution in [0.15, 0.2) is 51.1 Å². The molecule has 0 radical (unpaired) electrons. The molecule has 0 saturated heterocycles. The smallest absolute Gasteiger partial charge is 0.188 e. The van der Waals surface area contributed by atoms with E-state index in [2.05, 4.69) is 20.3 Å². The molecule has 0 spiro atoms. The second-order valence-corrected chi connectivity index (χ2v) is 6.93. The second-order valence-electron chi connectivity index (χ2n) is 4.80. The first-order valence-electron chi connectivity index (χ1n) is 6.78. The van der Waals surface area contributed by atoms with Crippen molar-refractivity contribution in [2.24, 2.45) is 0 Å². The van der Waals surface area contributed by atoms with Gasteiger partial charge in [-0.05, 0) is 43.0 Å². The zero-order valence-electron chi connectivity index (χ0n) is 12.0. The quantitative estimate of drug-likeness (QED) is 0.565. The topological polar surface area (TPSA) is 56.0 Å². The molecule has 0 saturated carbocycles. The molecule has 0 N–H and O–H groups in total. The number of fused-ring (bicyclic) bond motifs is 1. The summed E-state index contributed by atoms with van der Waals surface area (Å²) in [6.45, 7) is 1.95. The highest BCUT2D eigenvalue weighted by Crippen LogP contribution is 2.29. The standard InChI is InChI=1S/C15H10FN5S2/c1-9-8-22-15(17-9)23-13-7-6-12-18-19-14(21(12)20-13)10-4-2-3-5-11(10)16/h2-8H,1H3. The summed E-state index contributed by atoms with van der Waals surface area (Å²) in [5.74, 6) is 0.0353. The molecule has 8 heteroatoms. The van der Waals surface area contributed by atoms with E-state index in [1.54, 1.807) is 34.1 Å². The maximum atomic E-state index is 14.0. The van der Waals surface area contributed by atoms with Crippen LogP contribution in [0.2, 0.25) is 0 Å². The Balaban J connectivity index is 1.79. The molecule has 3 heterocycles. The van der Waals surface area contributed by atoms with E-state index in [0.717, 1.165) is 15.1 Å². The highest BCUT2D eigenvalue weighted by Gasteiger charge is 2.14. The minimum atomic E-state index is -0.350. The number of aryl methyl sites for hydroxylation is 1. The number of rotatable bonds is 3. The van der Waals surface area contributed by atoms with E-state index in [1.165, 1.54) is 17.8 Å². The maximum Gasteiger partial charge on any atom is 0.188 e. The summed E-state index contributed by atoms with van der Waals surface area (Å²) in [7, 11) is 0. The fraction of sp³-hybridized carbons (Fsp3) is 0.0667. The molecule has 114 valence electrons. The molecule has 0 aliphatic heterocycles. The Morgan fingerprint density at radius 1 is 1.13 bits per heavy atom. The minimum Gasteiger partial charge on any atom is -0.235 e. The van der Waals surface area contributed by atoms with Gasteiger partial charge in [-0.3, -0.25) is 0 Å². The lowest BCUT2D eigenvalue weighted by molar-refractivity contribution is 0.629. The van der Waals surface area contributed by atoms with E-state index in [9.17, 15) is 4.39 Å². The number of benzene rings is 1. The lowest BCUT2D eigenvalue weighted by Gasteiger charge is -2.02. The third-order valence-corrected chi connectivity index (χ3v) is 5.13. The Hall–Kier alpha value is -2.32. The molecule has 0 amide bonds. The normalized spacial score (nSPS) is 11.2. The number of aromatic nitrogens is 5. The van der Waals surface area contributed by atoms with Gasteiger partial charge in [-0.1, -0.05) is 12.1 Å². The molecule has 4 rings (SSSR count). The average Bonchev–Trinajstić information content (AvgIpc) is 3.14. The van der Waals surface area contributed by atoms with Gasteiger partial charge < -0.3 is 0 Å². The average molecular weight is 343 g/mol. The number of hydrogen-bond donors (Lipinski definition) is 0. The SMILES string of the molecule is Cc1csc(Sc2ccc3nnc(-c4ccccc4F)n3n2)n1. The molecule has 0 fully saturated rings. The lowest BCUT2D eigenvalue weighted by Crippen LogP contribution is -1.97. The second kappa shape index (κ2) is 5.71. The van der Waals surface area contributed by atoms with Crippen LogP contribution in [0.5, 0.6) is 0 Å². The summed E-state index contributed by atoms with van der Waals surface area (Å²) < 4.78 is 16.5. The number of nitrogens with zero attached hydrogens (tertiary/aromatic N) is 5. The van der Waals surface area contributed by atoms with Crippen molar-refractivity contribution < 1.29 is 4.39 Å². The third-order valence-electron chi connectivity index (χ3n) is 3.14. The maximum absolute atomic E-state index is 14.0. The molecule has 0 aliphatic rings. The Labute approximate surface area is 139 Å². The summed E-state index contributed by atoms with van der Waals surface area (Å²) >= 11 is 3.03. The number of hydrogen-bond acceptors (Lipinski definition) is 6. The number of halogens is 1. The van der Waals surface area contributed by atoms with Gasteiger partial charge in [0.1, 0.15) is 10.8 Å². The molecule has 0 bridgehead atoms. The Morgan fingerprint density at radius 3 is 2.78 bits per heavy atom. The van der Waals surface area contributed by atoms with Crippen LogP contribution in [0, 0.1) is 12.7 Å². The molecule has 1 aromatic carbocycles. The van der Waals surface area contributed by atoms with Gasteiger partial charge in [0, 0.05) is 11.1 Å².